The molecule has 1 aromatic heterocycles. The molecule has 1 N–H and O–H groups in total. The minimum Gasteiger partial charge on any atom is -0.495 e. The quantitative estimate of drug-likeness (QED) is 0.935. The summed E-state index contributed by atoms with van der Waals surface area (Å²) in [5, 5.41) is 3.07. The zero-order valence-corrected chi connectivity index (χ0v) is 11.2. The Morgan fingerprint density at radius 3 is 2.58 bits per heavy atom. The molecule has 5 nitrogen and oxygen atoms in total. The van der Waals surface area contributed by atoms with E-state index in [4.69, 9.17) is 25.5 Å². The molecule has 0 spiro atoms. The number of amides is 1. The molecule has 0 bridgehead atoms. The first-order valence-corrected chi connectivity index (χ1v) is 5.78. The lowest BCUT2D eigenvalue weighted by Gasteiger charge is -2.12. The lowest BCUT2D eigenvalue weighted by atomic mass is 10.2. The fourth-order valence-electron chi connectivity index (χ4n) is 1.55. The van der Waals surface area contributed by atoms with Gasteiger partial charge in [-0.05, 0) is 12.1 Å². The monoisotopic (exact) mass is 281 g/mol. The predicted octanol–water partition coefficient (Wildman–Crippen LogP) is 3.20. The number of ether oxygens (including phenoxy) is 2. The van der Waals surface area contributed by atoms with E-state index in [0.29, 0.717) is 27.8 Å². The molecule has 1 aromatic carbocycles. The lowest BCUT2D eigenvalue weighted by molar-refractivity contribution is 0.102. The number of carbonyl (C=O) groups excluding carboxylic acids is 1. The molecule has 2 aromatic rings. The summed E-state index contributed by atoms with van der Waals surface area (Å²) in [4.78, 5) is 11.9. The summed E-state index contributed by atoms with van der Waals surface area (Å²) in [6, 6.07) is 4.73. The SMILES string of the molecule is COc1cc(OC)c(NC(=O)c2ccoc2)cc1Cl. The van der Waals surface area contributed by atoms with Crippen LogP contribution in [0.3, 0.4) is 0 Å². The average Bonchev–Trinajstić information content (AvgIpc) is 2.93. The lowest BCUT2D eigenvalue weighted by Crippen LogP contribution is -2.11. The van der Waals surface area contributed by atoms with Crippen molar-refractivity contribution in [3.8, 4) is 11.5 Å². The Balaban J connectivity index is 2.29. The number of halogens is 1. The second kappa shape index (κ2) is 5.67. The van der Waals surface area contributed by atoms with Gasteiger partial charge in [-0.1, -0.05) is 11.6 Å². The fourth-order valence-corrected chi connectivity index (χ4v) is 1.79. The van der Waals surface area contributed by atoms with Crippen molar-refractivity contribution in [3.05, 3.63) is 41.3 Å². The van der Waals surface area contributed by atoms with Crippen LogP contribution in [-0.4, -0.2) is 20.1 Å². The Bertz CT molecular complexity index is 581. The molecule has 19 heavy (non-hydrogen) atoms. The van der Waals surface area contributed by atoms with Gasteiger partial charge in [-0.15, -0.1) is 0 Å². The summed E-state index contributed by atoms with van der Waals surface area (Å²) in [6.45, 7) is 0. The van der Waals surface area contributed by atoms with Crippen LogP contribution in [0.15, 0.2) is 35.1 Å². The highest BCUT2D eigenvalue weighted by molar-refractivity contribution is 6.32. The van der Waals surface area contributed by atoms with Gasteiger partial charge in [0.05, 0.1) is 36.8 Å². The molecule has 1 heterocycles. The molecule has 0 atom stereocenters. The van der Waals surface area contributed by atoms with Crippen LogP contribution < -0.4 is 14.8 Å². The van der Waals surface area contributed by atoms with Gasteiger partial charge in [-0.3, -0.25) is 4.79 Å². The summed E-state index contributed by atoms with van der Waals surface area (Å²) in [7, 11) is 3.00. The summed E-state index contributed by atoms with van der Waals surface area (Å²) in [5.41, 5.74) is 0.869. The van der Waals surface area contributed by atoms with Crippen LogP contribution in [0.2, 0.25) is 5.02 Å². The highest BCUT2D eigenvalue weighted by Crippen LogP contribution is 2.36. The molecule has 0 aliphatic rings. The summed E-state index contributed by atoms with van der Waals surface area (Å²) in [5.74, 6) is 0.617. The van der Waals surface area contributed by atoms with Gasteiger partial charge in [-0.25, -0.2) is 0 Å². The van der Waals surface area contributed by atoms with E-state index >= 15 is 0 Å². The van der Waals surface area contributed by atoms with Crippen LogP contribution in [0, 0.1) is 0 Å². The number of benzene rings is 1. The van der Waals surface area contributed by atoms with Crippen LogP contribution in [-0.2, 0) is 0 Å². The average molecular weight is 282 g/mol. The molecule has 1 amide bonds. The normalized spacial score (nSPS) is 10.1. The molecular weight excluding hydrogens is 270 g/mol. The van der Waals surface area contributed by atoms with E-state index in [-0.39, 0.29) is 5.91 Å². The van der Waals surface area contributed by atoms with Gasteiger partial charge in [0.2, 0.25) is 0 Å². The van der Waals surface area contributed by atoms with E-state index in [0.717, 1.165) is 0 Å². The van der Waals surface area contributed by atoms with Crippen molar-refractivity contribution in [1.29, 1.82) is 0 Å². The summed E-state index contributed by atoms with van der Waals surface area (Å²) < 4.78 is 15.1. The molecular formula is C13H12ClNO4. The minimum atomic E-state index is -0.312. The molecule has 0 aliphatic heterocycles. The Hall–Kier alpha value is -2.14. The van der Waals surface area contributed by atoms with Crippen LogP contribution >= 0.6 is 11.6 Å². The first-order chi connectivity index (χ1) is 9.15. The van der Waals surface area contributed by atoms with Crippen molar-refractivity contribution in [2.75, 3.05) is 19.5 Å². The molecule has 2 rings (SSSR count). The van der Waals surface area contributed by atoms with E-state index in [2.05, 4.69) is 5.32 Å². The zero-order chi connectivity index (χ0) is 13.8. The van der Waals surface area contributed by atoms with E-state index in [1.54, 1.807) is 18.2 Å². The summed E-state index contributed by atoms with van der Waals surface area (Å²) >= 11 is 6.02. The fraction of sp³-hybridized carbons (Fsp3) is 0.154. The van der Waals surface area contributed by atoms with Gasteiger partial charge < -0.3 is 19.2 Å². The van der Waals surface area contributed by atoms with Crippen LogP contribution in [0.1, 0.15) is 10.4 Å². The third-order valence-electron chi connectivity index (χ3n) is 2.51. The van der Waals surface area contributed by atoms with Crippen molar-refractivity contribution in [1.82, 2.24) is 0 Å². The number of nitrogens with one attached hydrogen (secondary N) is 1. The maximum atomic E-state index is 11.9. The first-order valence-electron chi connectivity index (χ1n) is 5.40. The Labute approximate surface area is 115 Å². The third-order valence-corrected chi connectivity index (χ3v) is 2.80. The number of hydrogen-bond donors (Lipinski definition) is 1. The third kappa shape index (κ3) is 2.82. The highest BCUT2D eigenvalue weighted by Gasteiger charge is 2.14. The van der Waals surface area contributed by atoms with Crippen LogP contribution in [0.25, 0.3) is 0 Å². The maximum Gasteiger partial charge on any atom is 0.259 e. The van der Waals surface area contributed by atoms with E-state index < -0.39 is 0 Å². The van der Waals surface area contributed by atoms with Gasteiger partial charge in [0, 0.05) is 6.07 Å². The number of anilines is 1. The number of furan rings is 1. The second-order valence-electron chi connectivity index (χ2n) is 3.65. The van der Waals surface area contributed by atoms with Gasteiger partial charge in [0.15, 0.2) is 0 Å². The van der Waals surface area contributed by atoms with Crippen molar-refractivity contribution >= 4 is 23.2 Å². The van der Waals surface area contributed by atoms with Crippen LogP contribution in [0.4, 0.5) is 5.69 Å². The van der Waals surface area contributed by atoms with Gasteiger partial charge in [-0.2, -0.15) is 0 Å². The number of methoxy groups -OCH3 is 2. The molecule has 0 aliphatic carbocycles. The van der Waals surface area contributed by atoms with Crippen molar-refractivity contribution in [2.45, 2.75) is 0 Å². The van der Waals surface area contributed by atoms with Crippen LogP contribution in [0.5, 0.6) is 11.5 Å². The molecule has 100 valence electrons. The Morgan fingerprint density at radius 2 is 2.00 bits per heavy atom. The molecule has 6 heteroatoms. The van der Waals surface area contributed by atoms with E-state index in [1.165, 1.54) is 26.7 Å². The topological polar surface area (TPSA) is 60.7 Å². The smallest absolute Gasteiger partial charge is 0.259 e. The van der Waals surface area contributed by atoms with Crippen molar-refractivity contribution < 1.29 is 18.7 Å². The standard InChI is InChI=1S/C13H12ClNO4/c1-17-11-6-12(18-2)10(5-9(11)14)15-13(16)8-3-4-19-7-8/h3-7H,1-2H3,(H,15,16). The van der Waals surface area contributed by atoms with E-state index in [9.17, 15) is 4.79 Å². The van der Waals surface area contributed by atoms with Crippen molar-refractivity contribution in [3.63, 3.8) is 0 Å². The Morgan fingerprint density at radius 1 is 1.26 bits per heavy atom. The largest absolute Gasteiger partial charge is 0.495 e. The molecule has 0 unspecified atom stereocenters. The summed E-state index contributed by atoms with van der Waals surface area (Å²) in [6.07, 6.45) is 2.78. The predicted molar refractivity (Wildman–Crippen MR) is 71.2 cm³/mol. The maximum absolute atomic E-state index is 11.9. The van der Waals surface area contributed by atoms with Crippen molar-refractivity contribution in [2.24, 2.45) is 0 Å². The molecule has 0 saturated carbocycles. The van der Waals surface area contributed by atoms with Gasteiger partial charge in [0.1, 0.15) is 17.8 Å². The van der Waals surface area contributed by atoms with Gasteiger partial charge >= 0.3 is 0 Å². The molecule has 0 saturated heterocycles. The number of rotatable bonds is 4. The zero-order valence-electron chi connectivity index (χ0n) is 10.4. The first kappa shape index (κ1) is 13.3. The molecule has 0 fully saturated rings. The second-order valence-corrected chi connectivity index (χ2v) is 4.06. The van der Waals surface area contributed by atoms with E-state index in [1.807, 2.05) is 0 Å². The molecule has 0 radical (unpaired) electrons. The minimum absolute atomic E-state index is 0.312. The number of carbonyl (C=O) groups is 1. The Kier molecular flexibility index (Phi) is 3.97. The highest BCUT2D eigenvalue weighted by atomic mass is 35.5. The number of hydrogen-bond acceptors (Lipinski definition) is 4. The van der Waals surface area contributed by atoms with Gasteiger partial charge in [0.25, 0.3) is 5.91 Å².